The third-order valence-corrected chi connectivity index (χ3v) is 8.62. The smallest absolute Gasteiger partial charge is 0.258 e. The molecular weight excluding hydrogens is 412 g/mol. The van der Waals surface area contributed by atoms with Crippen molar-refractivity contribution in [2.24, 2.45) is 0 Å². The Kier molecular flexibility index (Phi) is 8.01. The van der Waals surface area contributed by atoms with Crippen LogP contribution in [-0.4, -0.2) is 48.6 Å². The van der Waals surface area contributed by atoms with E-state index in [0.29, 0.717) is 11.1 Å². The van der Waals surface area contributed by atoms with Gasteiger partial charge in [-0.3, -0.25) is 9.69 Å². The van der Waals surface area contributed by atoms with E-state index in [0.717, 1.165) is 18.8 Å². The SMILES string of the molecule is O=C(COc1ccc(C2SCCCS2)cc1)NCC(c1ccccc1)N1CCCC1. The van der Waals surface area contributed by atoms with Gasteiger partial charge in [-0.2, -0.15) is 0 Å². The Bertz CT molecular complexity index is 789. The van der Waals surface area contributed by atoms with Crippen LogP contribution in [0.5, 0.6) is 5.75 Å². The molecule has 2 aromatic rings. The number of ether oxygens (including phenoxy) is 1. The quantitative estimate of drug-likeness (QED) is 0.631. The number of carbonyl (C=O) groups is 1. The summed E-state index contributed by atoms with van der Waals surface area (Å²) in [7, 11) is 0. The lowest BCUT2D eigenvalue weighted by atomic mass is 10.1. The van der Waals surface area contributed by atoms with Crippen molar-refractivity contribution in [3.63, 3.8) is 0 Å². The fraction of sp³-hybridized carbons (Fsp3) is 0.458. The molecular formula is C24H30N2O2S2. The summed E-state index contributed by atoms with van der Waals surface area (Å²) in [5.41, 5.74) is 2.59. The average Bonchev–Trinajstić information content (AvgIpc) is 3.34. The fourth-order valence-electron chi connectivity index (χ4n) is 4.00. The lowest BCUT2D eigenvalue weighted by Crippen LogP contribution is -2.38. The zero-order valence-electron chi connectivity index (χ0n) is 17.3. The molecule has 4 rings (SSSR count). The Labute approximate surface area is 188 Å². The van der Waals surface area contributed by atoms with Gasteiger partial charge in [0.1, 0.15) is 5.75 Å². The lowest BCUT2D eigenvalue weighted by Gasteiger charge is -2.28. The van der Waals surface area contributed by atoms with Gasteiger partial charge in [0.05, 0.1) is 10.6 Å². The summed E-state index contributed by atoms with van der Waals surface area (Å²) >= 11 is 4.02. The third-order valence-electron chi connectivity index (χ3n) is 5.61. The van der Waals surface area contributed by atoms with Crippen LogP contribution in [0.3, 0.4) is 0 Å². The maximum atomic E-state index is 12.4. The number of nitrogens with zero attached hydrogens (tertiary/aromatic N) is 1. The Balaban J connectivity index is 1.26. The Morgan fingerprint density at radius 3 is 2.40 bits per heavy atom. The number of rotatable bonds is 8. The molecule has 2 fully saturated rings. The molecule has 2 heterocycles. The summed E-state index contributed by atoms with van der Waals surface area (Å²) in [5, 5.41) is 3.08. The van der Waals surface area contributed by atoms with E-state index in [-0.39, 0.29) is 18.6 Å². The number of amides is 1. The van der Waals surface area contributed by atoms with E-state index in [1.165, 1.54) is 41.9 Å². The molecule has 4 nitrogen and oxygen atoms in total. The van der Waals surface area contributed by atoms with Crippen molar-refractivity contribution in [2.75, 3.05) is 37.7 Å². The Morgan fingerprint density at radius 2 is 1.70 bits per heavy atom. The third kappa shape index (κ3) is 5.96. The van der Waals surface area contributed by atoms with Crippen LogP contribution < -0.4 is 10.1 Å². The fourth-order valence-corrected chi connectivity index (χ4v) is 6.89. The molecule has 0 bridgehead atoms. The first kappa shape index (κ1) is 21.6. The van der Waals surface area contributed by atoms with E-state index in [9.17, 15) is 4.79 Å². The maximum absolute atomic E-state index is 12.4. The highest BCUT2D eigenvalue weighted by atomic mass is 32.2. The number of nitrogens with one attached hydrogen (secondary N) is 1. The summed E-state index contributed by atoms with van der Waals surface area (Å²) < 4.78 is 6.26. The zero-order chi connectivity index (χ0) is 20.6. The predicted octanol–water partition coefficient (Wildman–Crippen LogP) is 4.89. The van der Waals surface area contributed by atoms with Crippen molar-refractivity contribution in [3.8, 4) is 5.75 Å². The van der Waals surface area contributed by atoms with Crippen molar-refractivity contribution in [1.82, 2.24) is 10.2 Å². The van der Waals surface area contributed by atoms with Crippen LogP contribution in [0.25, 0.3) is 0 Å². The van der Waals surface area contributed by atoms with Gasteiger partial charge in [-0.15, -0.1) is 23.5 Å². The van der Waals surface area contributed by atoms with Crippen LogP contribution in [0, 0.1) is 0 Å². The summed E-state index contributed by atoms with van der Waals surface area (Å²) in [5.74, 6) is 3.14. The summed E-state index contributed by atoms with van der Waals surface area (Å²) in [6, 6.07) is 18.9. The van der Waals surface area contributed by atoms with Gasteiger partial charge in [0.15, 0.2) is 6.61 Å². The average molecular weight is 443 g/mol. The van der Waals surface area contributed by atoms with Crippen LogP contribution in [0.15, 0.2) is 54.6 Å². The normalized spacial score (nSPS) is 18.8. The van der Waals surface area contributed by atoms with Gasteiger partial charge in [-0.25, -0.2) is 0 Å². The first-order valence-corrected chi connectivity index (χ1v) is 12.9. The molecule has 2 aliphatic heterocycles. The largest absolute Gasteiger partial charge is 0.484 e. The van der Waals surface area contributed by atoms with Crippen molar-refractivity contribution < 1.29 is 9.53 Å². The zero-order valence-corrected chi connectivity index (χ0v) is 18.9. The molecule has 6 heteroatoms. The number of thioether (sulfide) groups is 2. The van der Waals surface area contributed by atoms with Crippen LogP contribution in [0.4, 0.5) is 0 Å². The minimum atomic E-state index is -0.0717. The second-order valence-corrected chi connectivity index (χ2v) is 10.5. The van der Waals surface area contributed by atoms with Gasteiger partial charge in [-0.05, 0) is 67.1 Å². The highest BCUT2D eigenvalue weighted by Crippen LogP contribution is 2.43. The molecule has 0 aliphatic carbocycles. The van der Waals surface area contributed by atoms with Crippen LogP contribution >= 0.6 is 23.5 Å². The predicted molar refractivity (Wildman–Crippen MR) is 127 cm³/mol. The minimum absolute atomic E-state index is 0.0494. The van der Waals surface area contributed by atoms with E-state index in [2.05, 4.69) is 46.6 Å². The number of carbonyl (C=O) groups excluding carboxylic acids is 1. The molecule has 160 valence electrons. The molecule has 2 aliphatic rings. The van der Waals surface area contributed by atoms with E-state index in [1.807, 2.05) is 41.7 Å². The van der Waals surface area contributed by atoms with E-state index in [4.69, 9.17) is 4.74 Å². The molecule has 1 unspecified atom stereocenters. The monoisotopic (exact) mass is 442 g/mol. The second kappa shape index (κ2) is 11.1. The van der Waals surface area contributed by atoms with Crippen molar-refractivity contribution in [3.05, 3.63) is 65.7 Å². The number of benzene rings is 2. The first-order chi connectivity index (χ1) is 14.8. The van der Waals surface area contributed by atoms with Gasteiger partial charge in [0.25, 0.3) is 5.91 Å². The maximum Gasteiger partial charge on any atom is 0.258 e. The van der Waals surface area contributed by atoms with Crippen LogP contribution in [-0.2, 0) is 4.79 Å². The van der Waals surface area contributed by atoms with Gasteiger partial charge in [0.2, 0.25) is 0 Å². The van der Waals surface area contributed by atoms with E-state index in [1.54, 1.807) is 0 Å². The van der Waals surface area contributed by atoms with Gasteiger partial charge < -0.3 is 10.1 Å². The molecule has 0 saturated carbocycles. The molecule has 1 atom stereocenters. The lowest BCUT2D eigenvalue weighted by molar-refractivity contribution is -0.123. The summed E-state index contributed by atoms with van der Waals surface area (Å²) in [6.07, 6.45) is 3.76. The molecule has 0 spiro atoms. The van der Waals surface area contributed by atoms with Crippen LogP contribution in [0.2, 0.25) is 0 Å². The molecule has 1 N–H and O–H groups in total. The standard InChI is InChI=1S/C24H30N2O2S2/c27-23(18-28-21-11-9-20(10-12-21)24-29-15-6-16-30-24)25-17-22(26-13-4-5-14-26)19-7-2-1-3-8-19/h1-3,7-12,22,24H,4-6,13-18H2,(H,25,27). The summed E-state index contributed by atoms with van der Waals surface area (Å²) in [4.78, 5) is 14.9. The molecule has 30 heavy (non-hydrogen) atoms. The first-order valence-electron chi connectivity index (χ1n) is 10.8. The number of likely N-dealkylation sites (tertiary alicyclic amines) is 1. The molecule has 0 aromatic heterocycles. The molecule has 2 aromatic carbocycles. The van der Waals surface area contributed by atoms with E-state index < -0.39 is 0 Å². The highest BCUT2D eigenvalue weighted by molar-refractivity contribution is 8.16. The van der Waals surface area contributed by atoms with Crippen molar-refractivity contribution >= 4 is 29.4 Å². The summed E-state index contributed by atoms with van der Waals surface area (Å²) in [6.45, 7) is 2.85. The highest BCUT2D eigenvalue weighted by Gasteiger charge is 2.24. The molecule has 1 amide bonds. The second-order valence-electron chi connectivity index (χ2n) is 7.76. The number of hydrogen-bond acceptors (Lipinski definition) is 5. The van der Waals surface area contributed by atoms with Crippen molar-refractivity contribution in [1.29, 1.82) is 0 Å². The van der Waals surface area contributed by atoms with Crippen molar-refractivity contribution in [2.45, 2.75) is 29.9 Å². The Morgan fingerprint density at radius 1 is 1.00 bits per heavy atom. The number of hydrogen-bond donors (Lipinski definition) is 1. The van der Waals surface area contributed by atoms with Crippen LogP contribution in [0.1, 0.15) is 41.0 Å². The van der Waals surface area contributed by atoms with Gasteiger partial charge in [0, 0.05) is 6.54 Å². The van der Waals surface area contributed by atoms with Gasteiger partial charge >= 0.3 is 0 Å². The topological polar surface area (TPSA) is 41.6 Å². The van der Waals surface area contributed by atoms with Gasteiger partial charge in [-0.1, -0.05) is 42.5 Å². The Hall–Kier alpha value is -1.63. The van der Waals surface area contributed by atoms with E-state index >= 15 is 0 Å². The molecule has 2 saturated heterocycles. The molecule has 0 radical (unpaired) electrons. The minimum Gasteiger partial charge on any atom is -0.484 e.